The maximum atomic E-state index is 12.8. The van der Waals surface area contributed by atoms with Gasteiger partial charge in [0.1, 0.15) is 17.7 Å². The maximum Gasteiger partial charge on any atom is 0.407 e. The fraction of sp³-hybridized carbons (Fsp3) is 0.484. The number of alkyl carbamates (subject to hydrolysis) is 1. The first-order valence-electron chi connectivity index (χ1n) is 14.4. The monoisotopic (exact) mass is 612 g/mol. The summed E-state index contributed by atoms with van der Waals surface area (Å²) in [5.41, 5.74) is 1.38. The van der Waals surface area contributed by atoms with Gasteiger partial charge in [0.15, 0.2) is 11.5 Å². The van der Waals surface area contributed by atoms with Crippen LogP contribution in [0.15, 0.2) is 36.7 Å². The first kappa shape index (κ1) is 32.1. The number of nitrogens with zero attached hydrogens (tertiary/aromatic N) is 2. The van der Waals surface area contributed by atoms with Crippen molar-refractivity contribution in [3.63, 3.8) is 0 Å². The minimum Gasteiger partial charge on any atom is -0.493 e. The van der Waals surface area contributed by atoms with E-state index in [9.17, 15) is 9.59 Å². The third-order valence-corrected chi connectivity index (χ3v) is 7.71. The molecule has 1 aliphatic rings. The molecule has 0 atom stereocenters. The van der Waals surface area contributed by atoms with Crippen molar-refractivity contribution in [2.24, 2.45) is 5.41 Å². The predicted molar refractivity (Wildman–Crippen MR) is 168 cm³/mol. The standard InChI is InChI=1S/C31H41ClN6O5/c1-20-8-6-9-22(32)26(20)37-28(39)38-27-21-16-24(41-5)25(17-23(21)35-19-36-27)42-15-7-10-31(11-13-33-14-12-31)18-34-29(40)43-30(2,3)4/h6,8-9,16-17,19,33H,7,10-15,18H2,1-5H3,(H,34,40)(H2,35,36,37,38,39). The van der Waals surface area contributed by atoms with E-state index >= 15 is 0 Å². The maximum absolute atomic E-state index is 12.8. The average molecular weight is 613 g/mol. The molecule has 12 heteroatoms. The number of methoxy groups -OCH3 is 1. The highest BCUT2D eigenvalue weighted by Crippen LogP contribution is 2.36. The average Bonchev–Trinajstić information content (AvgIpc) is 2.96. The number of para-hydroxylation sites is 1. The van der Waals surface area contributed by atoms with Crippen LogP contribution in [0.2, 0.25) is 5.02 Å². The molecule has 43 heavy (non-hydrogen) atoms. The second-order valence-corrected chi connectivity index (χ2v) is 12.2. The summed E-state index contributed by atoms with van der Waals surface area (Å²) in [6, 6.07) is 8.44. The molecule has 0 spiro atoms. The van der Waals surface area contributed by atoms with Crippen LogP contribution in [0.5, 0.6) is 11.5 Å². The molecule has 0 aliphatic carbocycles. The lowest BCUT2D eigenvalue weighted by molar-refractivity contribution is 0.0477. The van der Waals surface area contributed by atoms with E-state index in [0.29, 0.717) is 52.1 Å². The highest BCUT2D eigenvalue weighted by atomic mass is 35.5. The Morgan fingerprint density at radius 1 is 1.09 bits per heavy atom. The topological polar surface area (TPSA) is 136 Å². The van der Waals surface area contributed by atoms with Gasteiger partial charge in [-0.3, -0.25) is 5.32 Å². The SMILES string of the molecule is COc1cc2c(NC(=O)Nc3c(C)cccc3Cl)ncnc2cc1OCCCC1(CNC(=O)OC(C)(C)C)CCNCC1. The number of hydrogen-bond acceptors (Lipinski definition) is 8. The van der Waals surface area contributed by atoms with Crippen molar-refractivity contribution >= 4 is 46.1 Å². The number of ether oxygens (including phenoxy) is 3. The van der Waals surface area contributed by atoms with Gasteiger partial charge >= 0.3 is 12.1 Å². The Labute approximate surface area is 257 Å². The molecule has 1 aliphatic heterocycles. The molecule has 1 fully saturated rings. The van der Waals surface area contributed by atoms with E-state index in [0.717, 1.165) is 44.3 Å². The molecule has 2 aromatic carbocycles. The number of nitrogens with one attached hydrogen (secondary N) is 4. The summed E-state index contributed by atoms with van der Waals surface area (Å²) >= 11 is 6.26. The Hall–Kier alpha value is -3.83. The van der Waals surface area contributed by atoms with E-state index in [1.807, 2.05) is 39.8 Å². The summed E-state index contributed by atoms with van der Waals surface area (Å²) in [7, 11) is 1.56. The third-order valence-electron chi connectivity index (χ3n) is 7.39. The largest absolute Gasteiger partial charge is 0.493 e. The molecule has 11 nitrogen and oxygen atoms in total. The highest BCUT2D eigenvalue weighted by molar-refractivity contribution is 6.34. The van der Waals surface area contributed by atoms with Crippen molar-refractivity contribution in [1.29, 1.82) is 0 Å². The lowest BCUT2D eigenvalue weighted by Crippen LogP contribution is -2.45. The van der Waals surface area contributed by atoms with Gasteiger partial charge < -0.3 is 30.2 Å². The van der Waals surface area contributed by atoms with E-state index in [1.54, 1.807) is 25.3 Å². The second kappa shape index (κ2) is 14.1. The van der Waals surface area contributed by atoms with Crippen LogP contribution in [0.4, 0.5) is 21.1 Å². The molecule has 0 bridgehead atoms. The molecule has 0 saturated carbocycles. The molecule has 3 aromatic rings. The number of halogens is 1. The summed E-state index contributed by atoms with van der Waals surface area (Å²) in [6.45, 7) is 10.3. The molecular formula is C31H41ClN6O5. The molecule has 1 saturated heterocycles. The first-order valence-corrected chi connectivity index (χ1v) is 14.8. The zero-order chi connectivity index (χ0) is 31.0. The number of amides is 3. The number of anilines is 2. The van der Waals surface area contributed by atoms with Gasteiger partial charge in [-0.25, -0.2) is 19.6 Å². The Bertz CT molecular complexity index is 1420. The van der Waals surface area contributed by atoms with Gasteiger partial charge in [-0.1, -0.05) is 23.7 Å². The fourth-order valence-electron chi connectivity index (χ4n) is 5.15. The zero-order valence-electron chi connectivity index (χ0n) is 25.4. The number of piperidine rings is 1. The number of aromatic nitrogens is 2. The van der Waals surface area contributed by atoms with Crippen molar-refractivity contribution in [3.05, 3.63) is 47.2 Å². The van der Waals surface area contributed by atoms with Gasteiger partial charge in [-0.15, -0.1) is 0 Å². The molecule has 3 amide bonds. The number of fused-ring (bicyclic) bond motifs is 1. The van der Waals surface area contributed by atoms with Crippen LogP contribution >= 0.6 is 11.6 Å². The number of benzene rings is 2. The number of hydrogen-bond donors (Lipinski definition) is 4. The third kappa shape index (κ3) is 8.84. The minimum atomic E-state index is -0.540. The summed E-state index contributed by atoms with van der Waals surface area (Å²) in [4.78, 5) is 33.7. The van der Waals surface area contributed by atoms with Crippen molar-refractivity contribution in [3.8, 4) is 11.5 Å². The quantitative estimate of drug-likeness (QED) is 0.196. The molecule has 4 rings (SSSR count). The molecule has 0 unspecified atom stereocenters. The Morgan fingerprint density at radius 2 is 1.86 bits per heavy atom. The van der Waals surface area contributed by atoms with Gasteiger partial charge in [0.25, 0.3) is 0 Å². The first-order chi connectivity index (χ1) is 20.5. The van der Waals surface area contributed by atoms with E-state index in [-0.39, 0.29) is 5.41 Å². The molecule has 0 radical (unpaired) electrons. The summed E-state index contributed by atoms with van der Waals surface area (Å²) < 4.78 is 17.2. The predicted octanol–water partition coefficient (Wildman–Crippen LogP) is 6.30. The zero-order valence-corrected chi connectivity index (χ0v) is 26.2. The summed E-state index contributed by atoms with van der Waals surface area (Å²) in [6.07, 6.45) is 4.57. The summed E-state index contributed by atoms with van der Waals surface area (Å²) in [5, 5.41) is 13.0. The van der Waals surface area contributed by atoms with Gasteiger partial charge in [0.05, 0.1) is 29.9 Å². The Balaban J connectivity index is 1.40. The van der Waals surface area contributed by atoms with E-state index in [1.165, 1.54) is 6.33 Å². The van der Waals surface area contributed by atoms with Crippen LogP contribution < -0.4 is 30.7 Å². The van der Waals surface area contributed by atoms with E-state index in [4.69, 9.17) is 25.8 Å². The molecule has 232 valence electrons. The van der Waals surface area contributed by atoms with Crippen molar-refractivity contribution in [2.45, 2.75) is 59.0 Å². The van der Waals surface area contributed by atoms with Gasteiger partial charge in [0.2, 0.25) is 0 Å². The minimum absolute atomic E-state index is 0.0319. The molecule has 4 N–H and O–H groups in total. The number of carbonyl (C=O) groups excluding carboxylic acids is 2. The normalized spacial score (nSPS) is 14.6. The smallest absolute Gasteiger partial charge is 0.407 e. The van der Waals surface area contributed by atoms with Gasteiger partial charge in [0, 0.05) is 18.0 Å². The van der Waals surface area contributed by atoms with Crippen LogP contribution in [0.25, 0.3) is 10.9 Å². The number of rotatable bonds is 10. The van der Waals surface area contributed by atoms with E-state index in [2.05, 4.69) is 31.2 Å². The molecule has 1 aromatic heterocycles. The van der Waals surface area contributed by atoms with E-state index < -0.39 is 17.7 Å². The van der Waals surface area contributed by atoms with Crippen molar-refractivity contribution in [2.75, 3.05) is 44.0 Å². The Morgan fingerprint density at radius 3 is 2.56 bits per heavy atom. The van der Waals surface area contributed by atoms with Crippen LogP contribution in [-0.4, -0.2) is 61.0 Å². The van der Waals surface area contributed by atoms with Gasteiger partial charge in [-0.05, 0) is 89.6 Å². The van der Waals surface area contributed by atoms with Crippen LogP contribution in [0, 0.1) is 12.3 Å². The summed E-state index contributed by atoms with van der Waals surface area (Å²) in [5.74, 6) is 1.36. The second-order valence-electron chi connectivity index (χ2n) is 11.8. The van der Waals surface area contributed by atoms with Crippen LogP contribution in [0.3, 0.4) is 0 Å². The number of aryl methyl sites for hydroxylation is 1. The fourth-order valence-corrected chi connectivity index (χ4v) is 5.42. The van der Waals surface area contributed by atoms with Crippen molar-refractivity contribution in [1.82, 2.24) is 20.6 Å². The molecular weight excluding hydrogens is 572 g/mol. The molecule has 2 heterocycles. The lowest BCUT2D eigenvalue weighted by atomic mass is 9.75. The van der Waals surface area contributed by atoms with Gasteiger partial charge in [-0.2, -0.15) is 0 Å². The lowest BCUT2D eigenvalue weighted by Gasteiger charge is -2.38. The number of urea groups is 1. The van der Waals surface area contributed by atoms with Crippen LogP contribution in [0.1, 0.15) is 52.0 Å². The van der Waals surface area contributed by atoms with Crippen molar-refractivity contribution < 1.29 is 23.8 Å². The van der Waals surface area contributed by atoms with Crippen LogP contribution in [-0.2, 0) is 4.74 Å². The number of carbonyl (C=O) groups is 2. The Kier molecular flexibility index (Phi) is 10.5. The highest BCUT2D eigenvalue weighted by Gasteiger charge is 2.32.